The van der Waals surface area contributed by atoms with E-state index in [0.717, 1.165) is 32.8 Å². The zero-order valence-corrected chi connectivity index (χ0v) is 15.7. The number of hydrogen-bond donors (Lipinski definition) is 1. The number of thioether (sulfide) groups is 1. The third-order valence-corrected chi connectivity index (χ3v) is 4.94. The van der Waals surface area contributed by atoms with Gasteiger partial charge < -0.3 is 10.2 Å². The van der Waals surface area contributed by atoms with Crippen LogP contribution in [0.1, 0.15) is 11.1 Å². The van der Waals surface area contributed by atoms with Gasteiger partial charge in [0.1, 0.15) is 18.7 Å². The molecule has 1 aromatic heterocycles. The summed E-state index contributed by atoms with van der Waals surface area (Å²) in [6, 6.07) is 15.7. The summed E-state index contributed by atoms with van der Waals surface area (Å²) in [4.78, 5) is 0. The molecule has 5 nitrogen and oxygen atoms in total. The first kappa shape index (κ1) is 18.4. The summed E-state index contributed by atoms with van der Waals surface area (Å²) in [7, 11) is 0. The van der Waals surface area contributed by atoms with E-state index in [-0.39, 0.29) is 0 Å². The van der Waals surface area contributed by atoms with Crippen molar-refractivity contribution < 1.29 is 4.74 Å². The Bertz CT molecular complexity index is 851. The molecule has 7 heteroatoms. The van der Waals surface area contributed by atoms with E-state index in [9.17, 15) is 0 Å². The van der Waals surface area contributed by atoms with Gasteiger partial charge in [0.15, 0.2) is 0 Å². The first-order valence-electron chi connectivity index (χ1n) is 8.09. The molecule has 0 aliphatic carbocycles. The fourth-order valence-electron chi connectivity index (χ4n) is 2.22. The van der Waals surface area contributed by atoms with Crippen LogP contribution in [0.5, 0.6) is 5.75 Å². The van der Waals surface area contributed by atoms with Crippen molar-refractivity contribution >= 4 is 23.4 Å². The molecule has 0 aliphatic heterocycles. The molecule has 0 spiro atoms. The Morgan fingerprint density at radius 1 is 1.19 bits per heavy atom. The highest BCUT2D eigenvalue weighted by molar-refractivity contribution is 7.98. The van der Waals surface area contributed by atoms with Crippen molar-refractivity contribution in [2.24, 2.45) is 0 Å². The van der Waals surface area contributed by atoms with Gasteiger partial charge in [-0.3, -0.25) is 0 Å². The van der Waals surface area contributed by atoms with Crippen LogP contribution in [0, 0.1) is 0 Å². The van der Waals surface area contributed by atoms with Gasteiger partial charge in [-0.1, -0.05) is 66.3 Å². The Morgan fingerprint density at radius 3 is 2.77 bits per heavy atom. The second-order valence-corrected chi connectivity index (χ2v) is 6.79. The Labute approximate surface area is 162 Å². The smallest absolute Gasteiger partial charge is 0.210 e. The molecule has 0 amide bonds. The van der Waals surface area contributed by atoms with Gasteiger partial charge >= 0.3 is 0 Å². The molecule has 3 rings (SSSR count). The summed E-state index contributed by atoms with van der Waals surface area (Å²) in [6.07, 6.45) is 3.39. The molecule has 26 heavy (non-hydrogen) atoms. The maximum atomic E-state index is 6.20. The van der Waals surface area contributed by atoms with Crippen LogP contribution in [0.2, 0.25) is 5.02 Å². The summed E-state index contributed by atoms with van der Waals surface area (Å²) in [5.41, 5.74) is 5.51. The van der Waals surface area contributed by atoms with E-state index in [1.807, 2.05) is 53.2 Å². The van der Waals surface area contributed by atoms with Crippen LogP contribution < -0.4 is 10.2 Å². The van der Waals surface area contributed by atoms with Crippen molar-refractivity contribution in [2.75, 3.05) is 12.0 Å². The lowest BCUT2D eigenvalue weighted by molar-refractivity contribution is 0.363. The Morgan fingerprint density at radius 2 is 2.00 bits per heavy atom. The van der Waals surface area contributed by atoms with Crippen molar-refractivity contribution in [3.63, 3.8) is 0 Å². The Kier molecular flexibility index (Phi) is 6.57. The van der Waals surface area contributed by atoms with Crippen molar-refractivity contribution in [1.29, 1.82) is 0 Å². The molecule has 0 aliphatic rings. The van der Waals surface area contributed by atoms with Crippen LogP contribution in [-0.2, 0) is 12.3 Å². The molecule has 0 bridgehead atoms. The van der Waals surface area contributed by atoms with Crippen LogP contribution >= 0.6 is 23.4 Å². The molecule has 0 atom stereocenters. The maximum Gasteiger partial charge on any atom is 0.210 e. The molecule has 2 aromatic carbocycles. The van der Waals surface area contributed by atoms with Gasteiger partial charge in [-0.25, -0.2) is 4.68 Å². The summed E-state index contributed by atoms with van der Waals surface area (Å²) in [5.74, 6) is 1.56. The first-order valence-corrected chi connectivity index (χ1v) is 9.45. The predicted molar refractivity (Wildman–Crippen MR) is 106 cm³/mol. The average Bonchev–Trinajstić information content (AvgIpc) is 3.12. The standard InChI is InChI=1S/C19H19ClN4OS/c1-2-11-25-17-9-7-15(8-10-17)12-22-24-14-21-23-19(24)26-13-16-5-3-4-6-18(16)20/h2-10,14,22H,1,11-13H2. The molecule has 1 heterocycles. The summed E-state index contributed by atoms with van der Waals surface area (Å²) in [5, 5.41) is 9.70. The summed E-state index contributed by atoms with van der Waals surface area (Å²) >= 11 is 7.78. The van der Waals surface area contributed by atoms with E-state index >= 15 is 0 Å². The van der Waals surface area contributed by atoms with Gasteiger partial charge in [0.2, 0.25) is 5.16 Å². The van der Waals surface area contributed by atoms with Crippen LogP contribution in [-0.4, -0.2) is 21.5 Å². The molecule has 3 aromatic rings. The fourth-order valence-corrected chi connectivity index (χ4v) is 3.40. The van der Waals surface area contributed by atoms with Gasteiger partial charge in [-0.2, -0.15) is 0 Å². The second kappa shape index (κ2) is 9.31. The topological polar surface area (TPSA) is 52.0 Å². The van der Waals surface area contributed by atoms with Crippen LogP contribution in [0.15, 0.2) is 72.7 Å². The highest BCUT2D eigenvalue weighted by atomic mass is 35.5. The predicted octanol–water partition coefficient (Wildman–Crippen LogP) is 4.53. The maximum absolute atomic E-state index is 6.20. The minimum Gasteiger partial charge on any atom is -0.490 e. The van der Waals surface area contributed by atoms with E-state index in [4.69, 9.17) is 16.3 Å². The second-order valence-electron chi connectivity index (χ2n) is 5.44. The van der Waals surface area contributed by atoms with Gasteiger partial charge in [-0.15, -0.1) is 10.2 Å². The Balaban J connectivity index is 1.55. The minimum absolute atomic E-state index is 0.504. The zero-order valence-electron chi connectivity index (χ0n) is 14.1. The molecule has 134 valence electrons. The van der Waals surface area contributed by atoms with E-state index in [1.165, 1.54) is 0 Å². The highest BCUT2D eigenvalue weighted by Crippen LogP contribution is 2.24. The lowest BCUT2D eigenvalue weighted by atomic mass is 10.2. The minimum atomic E-state index is 0.504. The van der Waals surface area contributed by atoms with Crippen LogP contribution in [0.3, 0.4) is 0 Å². The van der Waals surface area contributed by atoms with E-state index in [1.54, 1.807) is 24.2 Å². The SMILES string of the molecule is C=CCOc1ccc(CNn2cnnc2SCc2ccccc2Cl)cc1. The number of hydrogen-bond acceptors (Lipinski definition) is 5. The zero-order chi connectivity index (χ0) is 18.2. The van der Waals surface area contributed by atoms with Crippen molar-refractivity contribution in [1.82, 2.24) is 14.9 Å². The number of ether oxygens (including phenoxy) is 1. The lowest BCUT2D eigenvalue weighted by Gasteiger charge is -2.10. The molecular formula is C19H19ClN4OS. The lowest BCUT2D eigenvalue weighted by Crippen LogP contribution is -2.14. The summed E-state index contributed by atoms with van der Waals surface area (Å²) < 4.78 is 7.31. The van der Waals surface area contributed by atoms with Crippen molar-refractivity contribution in [3.8, 4) is 5.75 Å². The molecule has 0 saturated heterocycles. The molecular weight excluding hydrogens is 368 g/mol. The number of nitrogens with zero attached hydrogens (tertiary/aromatic N) is 3. The quantitative estimate of drug-likeness (QED) is 0.432. The summed E-state index contributed by atoms with van der Waals surface area (Å²) in [6.45, 7) is 4.80. The molecule has 0 saturated carbocycles. The monoisotopic (exact) mass is 386 g/mol. The van der Waals surface area contributed by atoms with Crippen molar-refractivity contribution in [3.05, 3.63) is 83.7 Å². The Hall–Kier alpha value is -2.44. The molecule has 0 radical (unpaired) electrons. The van der Waals surface area contributed by atoms with Gasteiger partial charge in [0, 0.05) is 10.8 Å². The van der Waals surface area contributed by atoms with Crippen LogP contribution in [0.4, 0.5) is 0 Å². The number of aromatic nitrogens is 3. The van der Waals surface area contributed by atoms with Crippen LogP contribution in [0.25, 0.3) is 0 Å². The number of benzene rings is 2. The number of rotatable bonds is 9. The van der Waals surface area contributed by atoms with Gasteiger partial charge in [-0.05, 0) is 29.3 Å². The van der Waals surface area contributed by atoms with Gasteiger partial charge in [0.05, 0.1) is 6.54 Å². The first-order chi connectivity index (χ1) is 12.8. The van der Waals surface area contributed by atoms with E-state index in [2.05, 4.69) is 22.2 Å². The number of nitrogens with one attached hydrogen (secondary N) is 1. The normalized spacial score (nSPS) is 10.5. The number of halogens is 1. The average molecular weight is 387 g/mol. The van der Waals surface area contributed by atoms with Gasteiger partial charge in [0.25, 0.3) is 0 Å². The third-order valence-electron chi connectivity index (χ3n) is 3.58. The van der Waals surface area contributed by atoms with Crippen molar-refractivity contribution in [2.45, 2.75) is 17.5 Å². The molecule has 0 unspecified atom stereocenters. The van der Waals surface area contributed by atoms with E-state index < -0.39 is 0 Å². The molecule has 0 fully saturated rings. The highest BCUT2D eigenvalue weighted by Gasteiger charge is 2.07. The third kappa shape index (κ3) is 5.03. The largest absolute Gasteiger partial charge is 0.490 e. The molecule has 1 N–H and O–H groups in total. The fraction of sp³-hybridized carbons (Fsp3) is 0.158. The van der Waals surface area contributed by atoms with E-state index in [0.29, 0.717) is 13.2 Å².